The van der Waals surface area contributed by atoms with Crippen molar-refractivity contribution in [3.05, 3.63) is 33.2 Å². The Balaban J connectivity index is 1.61. The maximum Gasteiger partial charge on any atom is 0.259 e. The van der Waals surface area contributed by atoms with E-state index >= 15 is 0 Å². The van der Waals surface area contributed by atoms with Gasteiger partial charge in [0.1, 0.15) is 0 Å². The van der Waals surface area contributed by atoms with Crippen molar-refractivity contribution in [2.45, 2.75) is 58.0 Å². The molecule has 0 radical (unpaired) electrons. The van der Waals surface area contributed by atoms with Gasteiger partial charge >= 0.3 is 0 Å². The number of aromatic nitrogens is 2. The zero-order chi connectivity index (χ0) is 15.1. The molecule has 0 bridgehead atoms. The van der Waals surface area contributed by atoms with E-state index in [0.717, 1.165) is 35.4 Å². The van der Waals surface area contributed by atoms with Gasteiger partial charge in [-0.25, -0.2) is 4.98 Å². The van der Waals surface area contributed by atoms with Crippen molar-refractivity contribution in [2.24, 2.45) is 5.92 Å². The van der Waals surface area contributed by atoms with Crippen molar-refractivity contribution in [2.75, 3.05) is 6.54 Å². The molecule has 3 heterocycles. The van der Waals surface area contributed by atoms with Gasteiger partial charge in [0.2, 0.25) is 0 Å². The fraction of sp³-hybridized carbons (Fsp3) is 0.647. The third-order valence-corrected chi connectivity index (χ3v) is 6.30. The molecule has 1 saturated heterocycles. The lowest BCUT2D eigenvalue weighted by atomic mass is 9.78. The fourth-order valence-corrected chi connectivity index (χ4v) is 5.20. The van der Waals surface area contributed by atoms with E-state index in [9.17, 15) is 4.79 Å². The van der Waals surface area contributed by atoms with Crippen LogP contribution < -0.4 is 5.56 Å². The fourth-order valence-electron chi connectivity index (χ4n) is 4.31. The average Bonchev–Trinajstić information content (AvgIpc) is 2.89. The number of hydrogen-bond donors (Lipinski definition) is 0. The Labute approximate surface area is 134 Å². The first kappa shape index (κ1) is 14.4. The number of likely N-dealkylation sites (tertiary alicyclic amines) is 1. The minimum atomic E-state index is 0.0657. The third kappa shape index (κ3) is 2.50. The summed E-state index contributed by atoms with van der Waals surface area (Å²) < 4.78 is 1.72. The summed E-state index contributed by atoms with van der Waals surface area (Å²) in [5.41, 5.74) is 1.99. The zero-order valence-electron chi connectivity index (χ0n) is 13.1. The van der Waals surface area contributed by atoms with Crippen LogP contribution in [-0.2, 0) is 6.54 Å². The van der Waals surface area contributed by atoms with E-state index in [-0.39, 0.29) is 5.56 Å². The van der Waals surface area contributed by atoms with E-state index in [4.69, 9.17) is 4.98 Å². The largest absolute Gasteiger partial charge is 0.294 e. The Morgan fingerprint density at radius 3 is 3.00 bits per heavy atom. The third-order valence-electron chi connectivity index (χ3n) is 5.35. The first-order valence-corrected chi connectivity index (χ1v) is 9.31. The lowest BCUT2D eigenvalue weighted by molar-refractivity contribution is 0.0537. The van der Waals surface area contributed by atoms with Crippen molar-refractivity contribution < 1.29 is 0 Å². The standard InChI is InChI=1S/C17H23N3OS/c1-12-11-22-17-18-14(9-16(21)20(12)17)10-19-8-4-6-13-5-2-3-7-15(13)19/h9,11,13,15H,2-8,10H2,1H3/t13-,15+/m1/s1. The number of rotatable bonds is 2. The Morgan fingerprint density at radius 2 is 2.09 bits per heavy atom. The van der Waals surface area contributed by atoms with Crippen LogP contribution in [0.2, 0.25) is 0 Å². The maximum atomic E-state index is 12.3. The maximum absolute atomic E-state index is 12.3. The second-order valence-electron chi connectivity index (χ2n) is 6.81. The quantitative estimate of drug-likeness (QED) is 0.853. The Kier molecular flexibility index (Phi) is 3.78. The van der Waals surface area contributed by atoms with Crippen LogP contribution in [0.25, 0.3) is 4.96 Å². The van der Waals surface area contributed by atoms with Crippen molar-refractivity contribution in [3.63, 3.8) is 0 Å². The van der Waals surface area contributed by atoms with Crippen LogP contribution >= 0.6 is 11.3 Å². The van der Waals surface area contributed by atoms with E-state index < -0.39 is 0 Å². The Bertz CT molecular complexity index is 733. The molecule has 2 atom stereocenters. The lowest BCUT2D eigenvalue weighted by Gasteiger charge is -2.44. The highest BCUT2D eigenvalue weighted by atomic mass is 32.1. The molecule has 1 aliphatic heterocycles. The molecule has 2 aromatic heterocycles. The Hall–Kier alpha value is -1.20. The van der Waals surface area contributed by atoms with E-state index in [1.165, 1.54) is 38.5 Å². The summed E-state index contributed by atoms with van der Waals surface area (Å²) in [6.45, 7) is 3.96. The molecule has 2 fully saturated rings. The molecule has 4 rings (SSSR count). The van der Waals surface area contributed by atoms with Gasteiger partial charge in [-0.1, -0.05) is 12.8 Å². The summed E-state index contributed by atoms with van der Waals surface area (Å²) in [7, 11) is 0. The zero-order valence-corrected chi connectivity index (χ0v) is 13.9. The molecule has 2 aromatic rings. The summed E-state index contributed by atoms with van der Waals surface area (Å²) in [6, 6.07) is 2.45. The van der Waals surface area contributed by atoms with E-state index in [2.05, 4.69) is 4.90 Å². The second kappa shape index (κ2) is 5.78. The highest BCUT2D eigenvalue weighted by molar-refractivity contribution is 7.15. The van der Waals surface area contributed by atoms with Crippen LogP contribution in [0.4, 0.5) is 0 Å². The van der Waals surface area contributed by atoms with Gasteiger partial charge in [0, 0.05) is 29.7 Å². The SMILES string of the molecule is Cc1csc2nc(CN3CCC[C@H]4CCCC[C@@H]43)cc(=O)n12. The summed E-state index contributed by atoms with van der Waals surface area (Å²) in [6.07, 6.45) is 8.15. The van der Waals surface area contributed by atoms with Crippen molar-refractivity contribution in [1.29, 1.82) is 0 Å². The number of fused-ring (bicyclic) bond motifs is 2. The van der Waals surface area contributed by atoms with Crippen LogP contribution in [0.15, 0.2) is 16.2 Å². The van der Waals surface area contributed by atoms with Gasteiger partial charge < -0.3 is 0 Å². The molecule has 1 saturated carbocycles. The smallest absolute Gasteiger partial charge is 0.259 e. The normalized spacial score (nSPS) is 26.2. The molecule has 2 aliphatic rings. The molecule has 22 heavy (non-hydrogen) atoms. The predicted octanol–water partition coefficient (Wildman–Crippen LogP) is 3.22. The van der Waals surface area contributed by atoms with Gasteiger partial charge in [0.05, 0.1) is 5.69 Å². The molecular formula is C17H23N3OS. The minimum absolute atomic E-state index is 0.0657. The number of hydrogen-bond acceptors (Lipinski definition) is 4. The monoisotopic (exact) mass is 317 g/mol. The van der Waals surface area contributed by atoms with Crippen LogP contribution in [0.3, 0.4) is 0 Å². The van der Waals surface area contributed by atoms with Gasteiger partial charge in [0.15, 0.2) is 4.96 Å². The summed E-state index contributed by atoms with van der Waals surface area (Å²) in [5.74, 6) is 0.872. The molecule has 1 aliphatic carbocycles. The minimum Gasteiger partial charge on any atom is -0.294 e. The molecular weight excluding hydrogens is 294 g/mol. The molecule has 0 N–H and O–H groups in total. The number of nitrogens with zero attached hydrogens (tertiary/aromatic N) is 3. The van der Waals surface area contributed by atoms with Crippen LogP contribution in [0.5, 0.6) is 0 Å². The molecule has 0 spiro atoms. The van der Waals surface area contributed by atoms with Crippen LogP contribution in [0, 0.1) is 12.8 Å². The first-order chi connectivity index (χ1) is 10.7. The molecule has 0 amide bonds. The number of piperidine rings is 1. The van der Waals surface area contributed by atoms with Crippen molar-refractivity contribution in [3.8, 4) is 0 Å². The number of aryl methyl sites for hydroxylation is 1. The number of thiazole rings is 1. The molecule has 4 nitrogen and oxygen atoms in total. The second-order valence-corrected chi connectivity index (χ2v) is 7.64. The van der Waals surface area contributed by atoms with E-state index in [1.807, 2.05) is 12.3 Å². The van der Waals surface area contributed by atoms with Crippen molar-refractivity contribution >= 4 is 16.3 Å². The molecule has 0 aromatic carbocycles. The first-order valence-electron chi connectivity index (χ1n) is 8.43. The van der Waals surface area contributed by atoms with Gasteiger partial charge in [0.25, 0.3) is 5.56 Å². The molecule has 5 heteroatoms. The van der Waals surface area contributed by atoms with E-state index in [0.29, 0.717) is 6.04 Å². The highest BCUT2D eigenvalue weighted by Gasteiger charge is 2.33. The van der Waals surface area contributed by atoms with E-state index in [1.54, 1.807) is 21.8 Å². The van der Waals surface area contributed by atoms with Crippen LogP contribution in [0.1, 0.15) is 49.9 Å². The lowest BCUT2D eigenvalue weighted by Crippen LogP contribution is -2.46. The van der Waals surface area contributed by atoms with Crippen molar-refractivity contribution in [1.82, 2.24) is 14.3 Å². The summed E-state index contributed by atoms with van der Waals surface area (Å²) in [4.78, 5) is 20.5. The topological polar surface area (TPSA) is 37.6 Å². The average molecular weight is 317 g/mol. The predicted molar refractivity (Wildman–Crippen MR) is 89.5 cm³/mol. The van der Waals surface area contributed by atoms with Gasteiger partial charge in [-0.3, -0.25) is 14.1 Å². The molecule has 118 valence electrons. The van der Waals surface area contributed by atoms with Gasteiger partial charge in [-0.05, 0) is 45.1 Å². The van der Waals surface area contributed by atoms with Crippen LogP contribution in [-0.4, -0.2) is 26.9 Å². The molecule has 0 unspecified atom stereocenters. The Morgan fingerprint density at radius 1 is 1.27 bits per heavy atom. The van der Waals surface area contributed by atoms with Gasteiger partial charge in [-0.15, -0.1) is 11.3 Å². The summed E-state index contributed by atoms with van der Waals surface area (Å²) >= 11 is 1.56. The van der Waals surface area contributed by atoms with Gasteiger partial charge in [-0.2, -0.15) is 0 Å². The summed E-state index contributed by atoms with van der Waals surface area (Å²) in [5, 5.41) is 2.01. The highest BCUT2D eigenvalue weighted by Crippen LogP contribution is 2.35.